The number of nitrogens with zero attached hydrogens (tertiary/aromatic N) is 3. The molecule has 0 radical (unpaired) electrons. The van der Waals surface area contributed by atoms with Crippen LogP contribution in [-0.2, 0) is 11.3 Å². The molecule has 0 atom stereocenters. The molecule has 0 spiro atoms. The molecule has 166 valence electrons. The first-order valence-electron chi connectivity index (χ1n) is 9.73. The summed E-state index contributed by atoms with van der Waals surface area (Å²) in [5, 5.41) is 6.72. The highest BCUT2D eigenvalue weighted by Crippen LogP contribution is 2.25. The Labute approximate surface area is 189 Å². The normalized spacial score (nSPS) is 11.5. The molecule has 0 aliphatic rings. The number of H-pyrrole nitrogens is 1. The number of ether oxygens (including phenoxy) is 1. The van der Waals surface area contributed by atoms with Crippen LogP contribution in [0.25, 0.3) is 11.2 Å². The van der Waals surface area contributed by atoms with E-state index >= 15 is 0 Å². The Hall–Kier alpha value is -2.78. The predicted molar refractivity (Wildman–Crippen MR) is 121 cm³/mol. The minimum atomic E-state index is -0.536. The van der Waals surface area contributed by atoms with E-state index in [4.69, 9.17) is 27.9 Å². The van der Waals surface area contributed by atoms with Gasteiger partial charge in [-0.05, 0) is 39.3 Å². The van der Waals surface area contributed by atoms with Crippen LogP contribution in [0.15, 0.2) is 29.2 Å². The van der Waals surface area contributed by atoms with E-state index in [1.54, 1.807) is 18.2 Å². The van der Waals surface area contributed by atoms with Crippen molar-refractivity contribution in [3.05, 3.63) is 50.5 Å². The fourth-order valence-electron chi connectivity index (χ4n) is 2.81. The van der Waals surface area contributed by atoms with Crippen molar-refractivity contribution in [3.8, 4) is 0 Å². The van der Waals surface area contributed by atoms with E-state index in [-0.39, 0.29) is 12.2 Å². The highest BCUT2D eigenvalue weighted by molar-refractivity contribution is 6.36. The maximum Gasteiger partial charge on any atom is 0.407 e. The Balaban J connectivity index is 1.64. The van der Waals surface area contributed by atoms with Crippen LogP contribution in [0.3, 0.4) is 0 Å². The van der Waals surface area contributed by atoms with Gasteiger partial charge in [0.15, 0.2) is 5.65 Å². The standard InChI is InChI=1S/C20H24Cl2N6O3/c1-20(2,3)31-19(30)24-9-5-8-23-17-25-10-15-16(27-17)28(18(29)26-15)11-12-13(21)6-4-7-14(12)22/h4,6-7,10H,5,8-9,11H2,1-3H3,(H,24,30)(H,26,29)(H,23,25,27). The van der Waals surface area contributed by atoms with Crippen molar-refractivity contribution in [3.63, 3.8) is 0 Å². The Morgan fingerprint density at radius 3 is 2.61 bits per heavy atom. The topological polar surface area (TPSA) is 114 Å². The Morgan fingerprint density at radius 1 is 1.23 bits per heavy atom. The summed E-state index contributed by atoms with van der Waals surface area (Å²) >= 11 is 12.5. The molecule has 31 heavy (non-hydrogen) atoms. The first-order valence-corrected chi connectivity index (χ1v) is 10.5. The zero-order chi connectivity index (χ0) is 22.6. The first-order chi connectivity index (χ1) is 14.6. The number of nitrogens with one attached hydrogen (secondary N) is 3. The van der Waals surface area contributed by atoms with Crippen LogP contribution in [0.2, 0.25) is 10.0 Å². The van der Waals surface area contributed by atoms with Gasteiger partial charge in [-0.1, -0.05) is 29.3 Å². The summed E-state index contributed by atoms with van der Waals surface area (Å²) in [6, 6.07) is 5.18. The van der Waals surface area contributed by atoms with E-state index < -0.39 is 11.7 Å². The van der Waals surface area contributed by atoms with Crippen molar-refractivity contribution in [2.45, 2.75) is 39.3 Å². The second kappa shape index (κ2) is 9.57. The molecule has 2 aromatic heterocycles. The molecule has 0 saturated heterocycles. The van der Waals surface area contributed by atoms with Gasteiger partial charge in [0, 0.05) is 28.7 Å². The van der Waals surface area contributed by atoms with Crippen molar-refractivity contribution < 1.29 is 9.53 Å². The monoisotopic (exact) mass is 466 g/mol. The fraction of sp³-hybridized carbons (Fsp3) is 0.400. The molecular formula is C20H24Cl2N6O3. The van der Waals surface area contributed by atoms with Crippen LogP contribution >= 0.6 is 23.2 Å². The van der Waals surface area contributed by atoms with Gasteiger partial charge in [0.1, 0.15) is 11.1 Å². The molecule has 0 unspecified atom stereocenters. The van der Waals surface area contributed by atoms with Gasteiger partial charge >= 0.3 is 11.8 Å². The molecule has 0 aliphatic carbocycles. The minimum absolute atomic E-state index is 0.174. The van der Waals surface area contributed by atoms with Crippen molar-refractivity contribution in [2.24, 2.45) is 0 Å². The molecule has 3 N–H and O–H groups in total. The largest absolute Gasteiger partial charge is 0.444 e. The van der Waals surface area contributed by atoms with E-state index in [9.17, 15) is 9.59 Å². The molecule has 1 aromatic carbocycles. The fourth-order valence-corrected chi connectivity index (χ4v) is 3.33. The van der Waals surface area contributed by atoms with Gasteiger partial charge in [-0.2, -0.15) is 4.98 Å². The highest BCUT2D eigenvalue weighted by atomic mass is 35.5. The predicted octanol–water partition coefficient (Wildman–Crippen LogP) is 3.80. The number of benzene rings is 1. The van der Waals surface area contributed by atoms with E-state index in [1.165, 1.54) is 10.8 Å². The molecule has 3 rings (SSSR count). The zero-order valence-electron chi connectivity index (χ0n) is 17.5. The first kappa shape index (κ1) is 22.9. The highest BCUT2D eigenvalue weighted by Gasteiger charge is 2.16. The van der Waals surface area contributed by atoms with Crippen LogP contribution in [0.5, 0.6) is 0 Å². The third-order valence-corrected chi connectivity index (χ3v) is 4.90. The van der Waals surface area contributed by atoms with Crippen LogP contribution < -0.4 is 16.3 Å². The molecule has 9 nitrogen and oxygen atoms in total. The molecule has 0 fully saturated rings. The lowest BCUT2D eigenvalue weighted by Gasteiger charge is -2.19. The SMILES string of the molecule is CC(C)(C)OC(=O)NCCCNc1ncc2[nH]c(=O)n(Cc3c(Cl)cccc3Cl)c2n1. The number of hydrogen-bond donors (Lipinski definition) is 3. The molecule has 1 amide bonds. The summed E-state index contributed by atoms with van der Waals surface area (Å²) < 4.78 is 6.64. The van der Waals surface area contributed by atoms with Crippen molar-refractivity contribution >= 4 is 46.4 Å². The number of aromatic nitrogens is 4. The van der Waals surface area contributed by atoms with Gasteiger partial charge in [-0.25, -0.2) is 14.6 Å². The van der Waals surface area contributed by atoms with Gasteiger partial charge in [0.25, 0.3) is 0 Å². The third-order valence-electron chi connectivity index (χ3n) is 4.19. The molecule has 0 bridgehead atoms. The molecule has 0 saturated carbocycles. The summed E-state index contributed by atoms with van der Waals surface area (Å²) in [5.41, 5.74) is 0.705. The maximum absolute atomic E-state index is 12.4. The average Bonchev–Trinajstić information content (AvgIpc) is 2.97. The Morgan fingerprint density at radius 2 is 1.94 bits per heavy atom. The lowest BCUT2D eigenvalue weighted by Crippen LogP contribution is -2.33. The summed E-state index contributed by atoms with van der Waals surface area (Å²) in [7, 11) is 0. The molecular weight excluding hydrogens is 443 g/mol. The number of halogens is 2. The summed E-state index contributed by atoms with van der Waals surface area (Å²) in [6.45, 7) is 6.55. The number of amides is 1. The number of imidazole rings is 1. The number of hydrogen-bond acceptors (Lipinski definition) is 6. The van der Waals surface area contributed by atoms with Gasteiger partial charge < -0.3 is 20.4 Å². The number of aromatic amines is 1. The molecule has 11 heteroatoms. The zero-order valence-corrected chi connectivity index (χ0v) is 19.0. The summed E-state index contributed by atoms with van der Waals surface area (Å²) in [4.78, 5) is 35.4. The second-order valence-corrected chi connectivity index (χ2v) is 8.67. The van der Waals surface area contributed by atoms with E-state index in [2.05, 4.69) is 25.6 Å². The lowest BCUT2D eigenvalue weighted by molar-refractivity contribution is 0.0528. The number of rotatable bonds is 7. The van der Waals surface area contributed by atoms with Crippen LogP contribution in [0, 0.1) is 0 Å². The van der Waals surface area contributed by atoms with Gasteiger partial charge in [0.05, 0.1) is 12.7 Å². The van der Waals surface area contributed by atoms with Gasteiger partial charge in [0.2, 0.25) is 5.95 Å². The molecule has 0 aliphatic heterocycles. The number of carbonyl (C=O) groups excluding carboxylic acids is 1. The number of alkyl carbamates (subject to hydrolysis) is 1. The van der Waals surface area contributed by atoms with E-state index in [0.29, 0.717) is 52.2 Å². The number of anilines is 1. The quantitative estimate of drug-likeness (QED) is 0.456. The van der Waals surface area contributed by atoms with Crippen molar-refractivity contribution in [1.82, 2.24) is 24.8 Å². The van der Waals surface area contributed by atoms with Crippen molar-refractivity contribution in [2.75, 3.05) is 18.4 Å². The third kappa shape index (κ3) is 6.11. The Bertz CT molecular complexity index is 1120. The van der Waals surface area contributed by atoms with E-state index in [1.807, 2.05) is 20.8 Å². The number of carbonyl (C=O) groups is 1. The number of fused-ring (bicyclic) bond motifs is 1. The van der Waals surface area contributed by atoms with Crippen LogP contribution in [0.4, 0.5) is 10.7 Å². The Kier molecular flexibility index (Phi) is 7.07. The van der Waals surface area contributed by atoms with Crippen molar-refractivity contribution in [1.29, 1.82) is 0 Å². The summed E-state index contributed by atoms with van der Waals surface area (Å²) in [6.07, 6.45) is 1.71. The van der Waals surface area contributed by atoms with Crippen LogP contribution in [-0.4, -0.2) is 44.3 Å². The average molecular weight is 467 g/mol. The molecule has 3 aromatic rings. The minimum Gasteiger partial charge on any atom is -0.444 e. The van der Waals surface area contributed by atoms with E-state index in [0.717, 1.165) is 0 Å². The maximum atomic E-state index is 12.4. The summed E-state index contributed by atoms with van der Waals surface area (Å²) in [5.74, 6) is 0.364. The van der Waals surface area contributed by atoms with Gasteiger partial charge in [-0.15, -0.1) is 0 Å². The van der Waals surface area contributed by atoms with Crippen LogP contribution in [0.1, 0.15) is 32.8 Å². The smallest absolute Gasteiger partial charge is 0.407 e. The van der Waals surface area contributed by atoms with Gasteiger partial charge in [-0.3, -0.25) is 4.57 Å². The second-order valence-electron chi connectivity index (χ2n) is 7.86. The molecule has 2 heterocycles. The lowest BCUT2D eigenvalue weighted by atomic mass is 10.2.